The van der Waals surface area contributed by atoms with Crippen LogP contribution in [0.25, 0.3) is 22.2 Å². The van der Waals surface area contributed by atoms with Gasteiger partial charge in [0.25, 0.3) is 5.91 Å². The van der Waals surface area contributed by atoms with Crippen molar-refractivity contribution < 1.29 is 23.4 Å². The van der Waals surface area contributed by atoms with Crippen molar-refractivity contribution in [2.75, 3.05) is 0 Å². The molecule has 4 heterocycles. The van der Waals surface area contributed by atoms with Crippen molar-refractivity contribution in [3.63, 3.8) is 0 Å². The number of nitrogens with zero attached hydrogens (tertiary/aromatic N) is 4. The van der Waals surface area contributed by atoms with E-state index in [0.717, 1.165) is 16.6 Å². The summed E-state index contributed by atoms with van der Waals surface area (Å²) in [5, 5.41) is 13.2. The predicted octanol–water partition coefficient (Wildman–Crippen LogP) is 4.27. The second-order valence-corrected chi connectivity index (χ2v) is 9.97. The van der Waals surface area contributed by atoms with E-state index >= 15 is 0 Å². The zero-order valence-electron chi connectivity index (χ0n) is 19.8. The van der Waals surface area contributed by atoms with Gasteiger partial charge in [-0.1, -0.05) is 12.1 Å². The molecule has 6 rings (SSSR count). The zero-order chi connectivity index (χ0) is 25.4. The lowest BCUT2D eigenvalue weighted by molar-refractivity contribution is -0.0507. The summed E-state index contributed by atoms with van der Waals surface area (Å²) in [6, 6.07) is 9.91. The maximum atomic E-state index is 13.3. The summed E-state index contributed by atoms with van der Waals surface area (Å²) in [5.41, 5.74) is 1.86. The van der Waals surface area contributed by atoms with Gasteiger partial charge in [-0.25, -0.2) is 15.0 Å². The van der Waals surface area contributed by atoms with Gasteiger partial charge in [0, 0.05) is 35.5 Å². The monoisotopic (exact) mass is 491 g/mol. The molecule has 2 N–H and O–H groups in total. The van der Waals surface area contributed by atoms with E-state index in [4.69, 9.17) is 9.72 Å². The number of nitrogens with one attached hydrogen (secondary N) is 1. The van der Waals surface area contributed by atoms with Crippen LogP contribution >= 0.6 is 0 Å². The van der Waals surface area contributed by atoms with Crippen molar-refractivity contribution in [3.05, 3.63) is 71.6 Å². The van der Waals surface area contributed by atoms with Gasteiger partial charge >= 0.3 is 6.61 Å². The number of hydrogen-bond donors (Lipinski definition) is 2. The van der Waals surface area contributed by atoms with Crippen LogP contribution in [-0.2, 0) is 11.1 Å². The van der Waals surface area contributed by atoms with Gasteiger partial charge < -0.3 is 19.7 Å². The van der Waals surface area contributed by atoms with Crippen molar-refractivity contribution in [2.24, 2.45) is 0 Å². The lowest BCUT2D eigenvalue weighted by atomic mass is 9.93. The molecule has 2 aliphatic heterocycles. The summed E-state index contributed by atoms with van der Waals surface area (Å²) in [4.78, 5) is 26.5. The summed E-state index contributed by atoms with van der Waals surface area (Å²) in [6.07, 6.45) is 3.75. The minimum Gasteiger partial charge on any atom is -0.434 e. The molecule has 2 atom stereocenters. The Hall–Kier alpha value is -3.92. The SMILES string of the molecule is CC(C)(O)c1ncc(-c2ccc3nc4n(c3c2)[C@@H]2C[C@@]4(C)NC(=O)c3cccc(OC(F)F)c32)cn1. The van der Waals surface area contributed by atoms with E-state index in [1.807, 2.05) is 29.7 Å². The topological polar surface area (TPSA) is 102 Å². The highest BCUT2D eigenvalue weighted by atomic mass is 19.3. The molecule has 184 valence electrons. The summed E-state index contributed by atoms with van der Waals surface area (Å²) >= 11 is 0. The number of alkyl halides is 2. The maximum Gasteiger partial charge on any atom is 0.387 e. The molecule has 0 fully saturated rings. The number of imidazole rings is 1. The molecule has 2 bridgehead atoms. The molecule has 1 amide bonds. The van der Waals surface area contributed by atoms with Crippen molar-refractivity contribution in [1.29, 1.82) is 0 Å². The zero-order valence-corrected chi connectivity index (χ0v) is 19.8. The first-order valence-electron chi connectivity index (χ1n) is 11.5. The van der Waals surface area contributed by atoms with Crippen molar-refractivity contribution in [3.8, 4) is 16.9 Å². The molecule has 0 saturated heterocycles. The predicted molar refractivity (Wildman–Crippen MR) is 127 cm³/mol. The summed E-state index contributed by atoms with van der Waals surface area (Å²) in [5.74, 6) is 0.597. The van der Waals surface area contributed by atoms with Gasteiger partial charge in [-0.15, -0.1) is 0 Å². The molecule has 0 spiro atoms. The average Bonchev–Trinajstić information content (AvgIpc) is 3.29. The highest BCUT2D eigenvalue weighted by molar-refractivity contribution is 5.98. The molecule has 10 heteroatoms. The second kappa shape index (κ2) is 7.54. The molecule has 0 aliphatic carbocycles. The van der Waals surface area contributed by atoms with Gasteiger partial charge in [0.1, 0.15) is 17.2 Å². The van der Waals surface area contributed by atoms with Crippen molar-refractivity contribution >= 4 is 16.9 Å². The van der Waals surface area contributed by atoms with E-state index in [2.05, 4.69) is 15.3 Å². The minimum atomic E-state index is -3.02. The number of hydrogen-bond acceptors (Lipinski definition) is 6. The molecule has 2 aliphatic rings. The Kier molecular flexibility index (Phi) is 4.72. The van der Waals surface area contributed by atoms with Crippen molar-refractivity contribution in [2.45, 2.75) is 51.0 Å². The third-order valence-corrected chi connectivity index (χ3v) is 6.88. The van der Waals surface area contributed by atoms with E-state index in [-0.39, 0.29) is 11.7 Å². The fraction of sp³-hybridized carbons (Fsp3) is 0.308. The van der Waals surface area contributed by atoms with Crippen LogP contribution in [0.2, 0.25) is 0 Å². The Morgan fingerprint density at radius 2 is 1.94 bits per heavy atom. The number of aromatic nitrogens is 4. The minimum absolute atomic E-state index is 0.0200. The number of aliphatic hydroxyl groups is 1. The van der Waals surface area contributed by atoms with Crippen LogP contribution in [0.3, 0.4) is 0 Å². The normalized spacial score (nSPS) is 20.8. The largest absolute Gasteiger partial charge is 0.434 e. The highest BCUT2D eigenvalue weighted by Crippen LogP contribution is 2.50. The number of amides is 1. The van der Waals surface area contributed by atoms with E-state index in [1.165, 1.54) is 6.07 Å². The number of carbonyl (C=O) groups excluding carboxylic acids is 1. The van der Waals surface area contributed by atoms with E-state index in [0.29, 0.717) is 34.7 Å². The highest BCUT2D eigenvalue weighted by Gasteiger charge is 2.49. The molecule has 0 unspecified atom stereocenters. The average molecular weight is 491 g/mol. The Bertz CT molecular complexity index is 1530. The molecular weight excluding hydrogens is 468 g/mol. The van der Waals surface area contributed by atoms with E-state index in [1.54, 1.807) is 38.4 Å². The smallest absolute Gasteiger partial charge is 0.387 e. The molecule has 0 radical (unpaired) electrons. The first-order chi connectivity index (χ1) is 17.0. The van der Waals surface area contributed by atoms with E-state index in [9.17, 15) is 18.7 Å². The molecule has 2 aromatic carbocycles. The number of halogens is 2. The standard InChI is InChI=1S/C26H23F2N5O3/c1-25(2,35)22-29-11-14(12-30-22)13-7-8-16-17(9-13)33-18-10-26(3,23(33)31-16)32-21(34)15-5-4-6-19(20(15)18)36-24(27)28/h4-9,11-12,18,24,35H,10H2,1-3H3,(H,32,34)/t18-,26-/m1/s1. The Labute approximate surface area is 205 Å². The molecule has 0 saturated carbocycles. The van der Waals surface area contributed by atoms with Gasteiger partial charge in [0.15, 0.2) is 5.82 Å². The third kappa shape index (κ3) is 3.35. The molecule has 2 aromatic heterocycles. The quantitative estimate of drug-likeness (QED) is 0.442. The summed E-state index contributed by atoms with van der Waals surface area (Å²) < 4.78 is 33.4. The number of fused-ring (bicyclic) bond motifs is 9. The molecular formula is C26H23F2N5O3. The molecule has 36 heavy (non-hydrogen) atoms. The fourth-order valence-corrected chi connectivity index (χ4v) is 5.28. The third-order valence-electron chi connectivity index (χ3n) is 6.88. The number of carbonyl (C=O) groups is 1. The van der Waals surface area contributed by atoms with E-state index < -0.39 is 23.8 Å². The van der Waals surface area contributed by atoms with Crippen LogP contribution < -0.4 is 10.1 Å². The Morgan fingerprint density at radius 3 is 2.64 bits per heavy atom. The summed E-state index contributed by atoms with van der Waals surface area (Å²) in [7, 11) is 0. The first-order valence-corrected chi connectivity index (χ1v) is 11.5. The van der Waals surface area contributed by atoms with Crippen molar-refractivity contribution in [1.82, 2.24) is 24.8 Å². The maximum absolute atomic E-state index is 13.3. The molecule has 8 nitrogen and oxygen atoms in total. The van der Waals surface area contributed by atoms with Gasteiger partial charge in [0.05, 0.1) is 22.6 Å². The Balaban J connectivity index is 1.53. The van der Waals surface area contributed by atoms with Crippen LogP contribution in [0, 0.1) is 0 Å². The first kappa shape index (κ1) is 22.5. The second-order valence-electron chi connectivity index (χ2n) is 9.97. The van der Waals surface area contributed by atoms with Gasteiger partial charge in [-0.2, -0.15) is 8.78 Å². The lowest BCUT2D eigenvalue weighted by Gasteiger charge is -2.23. The molecule has 4 aromatic rings. The van der Waals surface area contributed by atoms with Crippen LogP contribution in [0.15, 0.2) is 48.8 Å². The summed E-state index contributed by atoms with van der Waals surface area (Å²) in [6.45, 7) is 2.11. The Morgan fingerprint density at radius 1 is 1.19 bits per heavy atom. The van der Waals surface area contributed by atoms with Crippen LogP contribution in [0.1, 0.15) is 60.8 Å². The number of ether oxygens (including phenoxy) is 1. The van der Waals surface area contributed by atoms with Gasteiger partial charge in [-0.05, 0) is 50.6 Å². The van der Waals surface area contributed by atoms with Crippen LogP contribution in [0.4, 0.5) is 8.78 Å². The number of rotatable bonds is 4. The lowest BCUT2D eigenvalue weighted by Crippen LogP contribution is -2.41. The fourth-order valence-electron chi connectivity index (χ4n) is 5.28. The van der Waals surface area contributed by atoms with Crippen LogP contribution in [0.5, 0.6) is 5.75 Å². The van der Waals surface area contributed by atoms with Crippen LogP contribution in [-0.4, -0.2) is 37.1 Å². The number of benzene rings is 2. The van der Waals surface area contributed by atoms with Gasteiger partial charge in [0.2, 0.25) is 0 Å². The van der Waals surface area contributed by atoms with Gasteiger partial charge in [-0.3, -0.25) is 4.79 Å².